The summed E-state index contributed by atoms with van der Waals surface area (Å²) in [7, 11) is 1.22. The van der Waals surface area contributed by atoms with Crippen LogP contribution in [-0.2, 0) is 9.47 Å². The first-order valence-electron chi connectivity index (χ1n) is 8.20. The Hall–Kier alpha value is -2.38. The molecule has 8 heteroatoms. The predicted molar refractivity (Wildman–Crippen MR) is 88.0 cm³/mol. The predicted octanol–water partition coefficient (Wildman–Crippen LogP) is 2.21. The summed E-state index contributed by atoms with van der Waals surface area (Å²) in [6.45, 7) is 6.48. The topological polar surface area (TPSA) is 72.0 Å². The fourth-order valence-electron chi connectivity index (χ4n) is 3.37. The molecule has 2 aliphatic heterocycles. The minimum atomic E-state index is -0.709. The van der Waals surface area contributed by atoms with Crippen molar-refractivity contribution in [2.24, 2.45) is 0 Å². The SMILES string of the molecule is COC(=O)c1ccc(N2C[C@H]3C[C@@H]2CN3C(=O)OC(C)(C)C)c(F)n1. The summed E-state index contributed by atoms with van der Waals surface area (Å²) >= 11 is 0. The molecule has 136 valence electrons. The van der Waals surface area contributed by atoms with Crippen LogP contribution in [0.3, 0.4) is 0 Å². The number of likely N-dealkylation sites (tertiary alicyclic amines) is 1. The first-order valence-corrected chi connectivity index (χ1v) is 8.20. The molecule has 0 unspecified atom stereocenters. The number of pyridine rings is 1. The molecule has 0 aliphatic carbocycles. The van der Waals surface area contributed by atoms with Gasteiger partial charge < -0.3 is 19.3 Å². The van der Waals surface area contributed by atoms with E-state index in [1.807, 2.05) is 25.7 Å². The van der Waals surface area contributed by atoms with Crippen LogP contribution in [0.15, 0.2) is 12.1 Å². The van der Waals surface area contributed by atoms with E-state index in [0.717, 1.165) is 6.42 Å². The molecule has 25 heavy (non-hydrogen) atoms. The number of fused-ring (bicyclic) bond motifs is 2. The average molecular weight is 351 g/mol. The number of carbonyl (C=O) groups is 2. The van der Waals surface area contributed by atoms with Crippen molar-refractivity contribution in [2.75, 3.05) is 25.1 Å². The largest absolute Gasteiger partial charge is 0.464 e. The smallest absolute Gasteiger partial charge is 0.410 e. The number of hydrogen-bond donors (Lipinski definition) is 0. The van der Waals surface area contributed by atoms with Gasteiger partial charge in [0.2, 0.25) is 5.95 Å². The second-order valence-electron chi connectivity index (χ2n) is 7.33. The number of aromatic nitrogens is 1. The van der Waals surface area contributed by atoms with Gasteiger partial charge in [0.1, 0.15) is 5.60 Å². The highest BCUT2D eigenvalue weighted by Crippen LogP contribution is 2.36. The van der Waals surface area contributed by atoms with Gasteiger partial charge in [-0.2, -0.15) is 4.39 Å². The van der Waals surface area contributed by atoms with Crippen LogP contribution >= 0.6 is 0 Å². The summed E-state index contributed by atoms with van der Waals surface area (Å²) in [5, 5.41) is 0. The van der Waals surface area contributed by atoms with E-state index in [-0.39, 0.29) is 23.9 Å². The Kier molecular flexibility index (Phi) is 4.30. The second-order valence-corrected chi connectivity index (χ2v) is 7.33. The number of carbonyl (C=O) groups excluding carboxylic acids is 2. The fraction of sp³-hybridized carbons (Fsp3) is 0.588. The van der Waals surface area contributed by atoms with E-state index in [2.05, 4.69) is 9.72 Å². The Morgan fingerprint density at radius 2 is 1.96 bits per heavy atom. The molecule has 3 rings (SSSR count). The molecule has 2 atom stereocenters. The zero-order chi connectivity index (χ0) is 18.4. The lowest BCUT2D eigenvalue weighted by Gasteiger charge is -2.36. The third kappa shape index (κ3) is 3.38. The van der Waals surface area contributed by atoms with E-state index in [9.17, 15) is 14.0 Å². The van der Waals surface area contributed by atoms with E-state index < -0.39 is 17.5 Å². The Morgan fingerprint density at radius 3 is 2.48 bits per heavy atom. The van der Waals surface area contributed by atoms with Gasteiger partial charge in [-0.1, -0.05) is 0 Å². The second kappa shape index (κ2) is 6.16. The fourth-order valence-corrected chi connectivity index (χ4v) is 3.37. The monoisotopic (exact) mass is 351 g/mol. The number of esters is 1. The Morgan fingerprint density at radius 1 is 1.24 bits per heavy atom. The molecule has 2 saturated heterocycles. The molecule has 0 spiro atoms. The van der Waals surface area contributed by atoms with Crippen LogP contribution in [0, 0.1) is 5.95 Å². The highest BCUT2D eigenvalue weighted by atomic mass is 19.1. The molecule has 0 aromatic carbocycles. The van der Waals surface area contributed by atoms with Gasteiger partial charge in [0.25, 0.3) is 0 Å². The van der Waals surface area contributed by atoms with E-state index >= 15 is 0 Å². The third-order valence-electron chi connectivity index (χ3n) is 4.40. The lowest BCUT2D eigenvalue weighted by Crippen LogP contribution is -2.50. The van der Waals surface area contributed by atoms with Crippen molar-refractivity contribution in [1.82, 2.24) is 9.88 Å². The standard InChI is InChI=1S/C17H22FN3O4/c1-17(2,3)25-16(23)21-9-10-7-11(21)8-20(10)13-6-5-12(15(22)24-4)19-14(13)18/h5-6,10-11H,7-9H2,1-4H3/t10-,11-/m1/s1. The Balaban J connectivity index is 1.71. The average Bonchev–Trinajstić information content (AvgIpc) is 3.12. The van der Waals surface area contributed by atoms with E-state index in [1.54, 1.807) is 4.90 Å². The van der Waals surface area contributed by atoms with Gasteiger partial charge >= 0.3 is 12.1 Å². The normalized spacial score (nSPS) is 22.3. The summed E-state index contributed by atoms with van der Waals surface area (Å²) in [6, 6.07) is 2.98. The lowest BCUT2D eigenvalue weighted by atomic mass is 10.2. The van der Waals surface area contributed by atoms with Gasteiger partial charge in [-0.25, -0.2) is 14.6 Å². The molecule has 1 amide bonds. The van der Waals surface area contributed by atoms with Crippen molar-refractivity contribution in [3.63, 3.8) is 0 Å². The van der Waals surface area contributed by atoms with Crippen LogP contribution < -0.4 is 4.90 Å². The van der Waals surface area contributed by atoms with Crippen molar-refractivity contribution in [3.05, 3.63) is 23.8 Å². The molecular weight excluding hydrogens is 329 g/mol. The zero-order valence-corrected chi connectivity index (χ0v) is 14.8. The maximum atomic E-state index is 14.3. The molecule has 3 heterocycles. The van der Waals surface area contributed by atoms with Gasteiger partial charge in [-0.3, -0.25) is 0 Å². The first-order chi connectivity index (χ1) is 11.7. The lowest BCUT2D eigenvalue weighted by molar-refractivity contribution is 0.0214. The number of methoxy groups -OCH3 is 1. The molecule has 2 aliphatic rings. The molecule has 0 saturated carbocycles. The van der Waals surface area contributed by atoms with Gasteiger partial charge in [0, 0.05) is 19.1 Å². The minimum absolute atomic E-state index is 0.0118. The number of anilines is 1. The zero-order valence-electron chi connectivity index (χ0n) is 14.8. The van der Waals surface area contributed by atoms with Crippen molar-refractivity contribution in [3.8, 4) is 0 Å². The van der Waals surface area contributed by atoms with Crippen LogP contribution in [-0.4, -0.2) is 59.8 Å². The van der Waals surface area contributed by atoms with Crippen molar-refractivity contribution in [1.29, 1.82) is 0 Å². The van der Waals surface area contributed by atoms with Crippen molar-refractivity contribution >= 4 is 17.7 Å². The summed E-state index contributed by atoms with van der Waals surface area (Å²) in [4.78, 5) is 31.0. The van der Waals surface area contributed by atoms with Crippen LogP contribution in [0.4, 0.5) is 14.9 Å². The van der Waals surface area contributed by atoms with Crippen LogP contribution in [0.2, 0.25) is 0 Å². The van der Waals surface area contributed by atoms with Crippen LogP contribution in [0.25, 0.3) is 0 Å². The highest BCUT2D eigenvalue weighted by Gasteiger charge is 2.47. The van der Waals surface area contributed by atoms with Gasteiger partial charge in [0.15, 0.2) is 5.69 Å². The minimum Gasteiger partial charge on any atom is -0.464 e. The number of rotatable bonds is 2. The van der Waals surface area contributed by atoms with Crippen LogP contribution in [0.5, 0.6) is 0 Å². The number of ether oxygens (including phenoxy) is 2. The quantitative estimate of drug-likeness (QED) is 0.601. The highest BCUT2D eigenvalue weighted by molar-refractivity contribution is 5.87. The molecule has 1 aromatic rings. The molecular formula is C17H22FN3O4. The summed E-state index contributed by atoms with van der Waals surface area (Å²) in [5.41, 5.74) is -0.272. The van der Waals surface area contributed by atoms with E-state index in [1.165, 1.54) is 19.2 Å². The maximum absolute atomic E-state index is 14.3. The number of hydrogen-bond acceptors (Lipinski definition) is 6. The Labute approximate surface area is 145 Å². The Bertz CT molecular complexity index is 704. The number of amides is 1. The van der Waals surface area contributed by atoms with E-state index in [0.29, 0.717) is 18.8 Å². The van der Waals surface area contributed by atoms with Gasteiger partial charge in [0.05, 0.1) is 18.8 Å². The number of nitrogens with zero attached hydrogens (tertiary/aromatic N) is 3. The first kappa shape index (κ1) is 17.4. The molecule has 7 nitrogen and oxygen atoms in total. The molecule has 0 radical (unpaired) electrons. The van der Waals surface area contributed by atoms with Crippen LogP contribution in [0.1, 0.15) is 37.7 Å². The third-order valence-corrected chi connectivity index (χ3v) is 4.40. The molecule has 2 fully saturated rings. The molecule has 2 bridgehead atoms. The van der Waals surface area contributed by atoms with E-state index in [4.69, 9.17) is 4.74 Å². The maximum Gasteiger partial charge on any atom is 0.410 e. The summed E-state index contributed by atoms with van der Waals surface area (Å²) < 4.78 is 24.3. The molecule has 1 aromatic heterocycles. The van der Waals surface area contributed by atoms with Gasteiger partial charge in [-0.15, -0.1) is 0 Å². The van der Waals surface area contributed by atoms with Gasteiger partial charge in [-0.05, 0) is 39.3 Å². The van der Waals surface area contributed by atoms with Crippen molar-refractivity contribution in [2.45, 2.75) is 44.9 Å². The summed E-state index contributed by atoms with van der Waals surface area (Å²) in [5.74, 6) is -1.39. The molecule has 0 N–H and O–H groups in total. The number of piperazine rings is 1. The van der Waals surface area contributed by atoms with Crippen molar-refractivity contribution < 1.29 is 23.5 Å². The summed E-state index contributed by atoms with van der Waals surface area (Å²) in [6.07, 6.45) is 0.427. The number of halogens is 1.